The van der Waals surface area contributed by atoms with Gasteiger partial charge in [0.1, 0.15) is 6.61 Å². The Balaban J connectivity index is 4.55. The van der Waals surface area contributed by atoms with Gasteiger partial charge in [0, 0.05) is 19.4 Å². The molecule has 0 amide bonds. The highest BCUT2D eigenvalue weighted by Gasteiger charge is 2.17. The Morgan fingerprint density at radius 3 is 0.972 bits per heavy atom. The van der Waals surface area contributed by atoms with Gasteiger partial charge in [-0.3, -0.25) is 9.59 Å². The third kappa shape index (κ3) is 57.6. The molecule has 0 saturated carbocycles. The van der Waals surface area contributed by atoms with Crippen LogP contribution < -0.4 is 0 Å². The third-order valence-corrected chi connectivity index (χ3v) is 10.9. The second kappa shape index (κ2) is 60.3. The van der Waals surface area contributed by atoms with Gasteiger partial charge in [-0.2, -0.15) is 0 Å². The van der Waals surface area contributed by atoms with Crippen molar-refractivity contribution >= 4 is 11.9 Å². The molecule has 0 aliphatic heterocycles. The number of carbonyl (C=O) groups is 2. The lowest BCUT2D eigenvalue weighted by atomic mass is 10.1. The highest BCUT2D eigenvalue weighted by atomic mass is 16.6. The molecule has 0 aromatic rings. The van der Waals surface area contributed by atoms with Gasteiger partial charge < -0.3 is 14.2 Å². The molecule has 0 aliphatic rings. The van der Waals surface area contributed by atoms with Crippen LogP contribution in [-0.2, 0) is 23.8 Å². The minimum absolute atomic E-state index is 0.0104. The van der Waals surface area contributed by atoms with Gasteiger partial charge in [-0.1, -0.05) is 229 Å². The van der Waals surface area contributed by atoms with Crippen LogP contribution in [0.1, 0.15) is 201 Å². The molecule has 1 atom stereocenters. The van der Waals surface area contributed by atoms with Crippen LogP contribution in [-0.4, -0.2) is 37.9 Å². The highest BCUT2D eigenvalue weighted by Crippen LogP contribution is 2.11. The minimum atomic E-state index is -0.610. The molecule has 400 valence electrons. The predicted octanol–water partition coefficient (Wildman–Crippen LogP) is 19.8. The average Bonchev–Trinajstić information content (AvgIpc) is 3.38. The number of hydrogen-bond acceptors (Lipinski definition) is 5. The van der Waals surface area contributed by atoms with Gasteiger partial charge >= 0.3 is 11.9 Å². The van der Waals surface area contributed by atoms with Gasteiger partial charge in [0.2, 0.25) is 0 Å². The number of carbonyl (C=O) groups excluding carboxylic acids is 2. The van der Waals surface area contributed by atoms with Crippen LogP contribution >= 0.6 is 0 Å². The van der Waals surface area contributed by atoms with Crippen LogP contribution in [0.25, 0.3) is 0 Å². The lowest BCUT2D eigenvalue weighted by Gasteiger charge is -2.18. The van der Waals surface area contributed by atoms with Crippen molar-refractivity contribution in [3.05, 3.63) is 182 Å². The fourth-order valence-corrected chi connectivity index (χ4v) is 6.85. The van der Waals surface area contributed by atoms with Crippen molar-refractivity contribution in [3.63, 3.8) is 0 Å². The van der Waals surface area contributed by atoms with Crippen molar-refractivity contribution in [2.45, 2.75) is 207 Å². The summed E-state index contributed by atoms with van der Waals surface area (Å²) in [4.78, 5) is 25.5. The van der Waals surface area contributed by atoms with Crippen molar-refractivity contribution in [3.8, 4) is 0 Å². The van der Waals surface area contributed by atoms with E-state index < -0.39 is 6.10 Å². The molecule has 0 N–H and O–H groups in total. The summed E-state index contributed by atoms with van der Waals surface area (Å²) in [5.74, 6) is -0.553. The molecule has 0 rings (SSSR count). The molecule has 0 saturated heterocycles. The first-order valence-electron chi connectivity index (χ1n) is 28.3. The Bertz CT molecular complexity index is 1680. The molecule has 0 aromatic heterocycles. The van der Waals surface area contributed by atoms with E-state index in [0.717, 1.165) is 161 Å². The molecule has 0 bridgehead atoms. The van der Waals surface area contributed by atoms with E-state index in [-0.39, 0.29) is 31.6 Å². The summed E-state index contributed by atoms with van der Waals surface area (Å²) in [6.45, 7) is 7.29. The van der Waals surface area contributed by atoms with Gasteiger partial charge in [-0.25, -0.2) is 0 Å². The molecule has 5 nitrogen and oxygen atoms in total. The molecule has 0 radical (unpaired) electrons. The fourth-order valence-electron chi connectivity index (χ4n) is 6.85. The number of hydrogen-bond donors (Lipinski definition) is 0. The van der Waals surface area contributed by atoms with Crippen molar-refractivity contribution in [2.75, 3.05) is 19.8 Å². The van der Waals surface area contributed by atoms with E-state index in [1.807, 2.05) is 6.08 Å². The number of allylic oxidation sites excluding steroid dienone is 30. The number of esters is 2. The zero-order valence-electron chi connectivity index (χ0n) is 45.9. The largest absolute Gasteiger partial charge is 0.462 e. The first kappa shape index (κ1) is 67.0. The topological polar surface area (TPSA) is 61.8 Å². The standard InChI is InChI=1S/C67H102O5/c1-4-7-10-13-16-19-22-25-28-31-33-35-38-41-44-47-50-53-56-59-62-70-63-65(72-67(69)61-58-55-52-49-46-43-40-36-30-27-24-21-18-15-12-9-6-3)64-71-66(68)60-57-54-51-48-45-42-39-37-34-32-29-26-23-20-17-14-11-8-5-2/h7-12,16-21,25-30,33-35,37,40-45,51,54,65H,4-6,13-15,22-24,31-32,36,38-39,46-50,52-53,55-64H2,1-3H3/b10-7-,11-8-,12-9-,19-16-,20-17-,21-18-,28-25-,29-26-,30-27-,35-33-,37-34-,43-40-,44-41-,45-42-,54-51-. The molecule has 5 heteroatoms. The summed E-state index contributed by atoms with van der Waals surface area (Å²) >= 11 is 0. The number of unbranched alkanes of at least 4 members (excludes halogenated alkanes) is 8. The fraction of sp³-hybridized carbons (Fsp3) is 0.522. The van der Waals surface area contributed by atoms with E-state index in [9.17, 15) is 9.59 Å². The van der Waals surface area contributed by atoms with Crippen LogP contribution in [0.2, 0.25) is 0 Å². The van der Waals surface area contributed by atoms with Crippen LogP contribution in [0.5, 0.6) is 0 Å². The second-order valence-electron chi connectivity index (χ2n) is 17.7. The summed E-state index contributed by atoms with van der Waals surface area (Å²) in [7, 11) is 0. The maximum absolute atomic E-state index is 12.9. The maximum atomic E-state index is 12.9. The zero-order valence-corrected chi connectivity index (χ0v) is 45.9. The SMILES string of the molecule is CC/C=C\C/C=C\C/C=C\C/C=C\C/C=C\C/C=C\CCC(=O)OCC(COCCCCCC/C=C\C/C=C\C/C=C\C/C=C\C/C=C\CC)OC(=O)CCCCCC/C=C\C/C=C\C/C=C\C/C=C\CC. The Morgan fingerprint density at radius 1 is 0.306 bits per heavy atom. The van der Waals surface area contributed by atoms with E-state index in [0.29, 0.717) is 19.4 Å². The zero-order chi connectivity index (χ0) is 52.0. The quantitative estimate of drug-likeness (QED) is 0.0345. The summed E-state index contributed by atoms with van der Waals surface area (Å²) in [5, 5.41) is 0. The lowest BCUT2D eigenvalue weighted by molar-refractivity contribution is -0.162. The van der Waals surface area contributed by atoms with Gasteiger partial charge in [0.15, 0.2) is 6.10 Å². The first-order chi connectivity index (χ1) is 35.6. The van der Waals surface area contributed by atoms with Crippen molar-refractivity contribution in [1.82, 2.24) is 0 Å². The van der Waals surface area contributed by atoms with Gasteiger partial charge in [0.25, 0.3) is 0 Å². The van der Waals surface area contributed by atoms with Crippen LogP contribution in [0.15, 0.2) is 182 Å². The van der Waals surface area contributed by atoms with Crippen LogP contribution in [0.4, 0.5) is 0 Å². The van der Waals surface area contributed by atoms with Gasteiger partial charge in [-0.15, -0.1) is 0 Å². The second-order valence-corrected chi connectivity index (χ2v) is 17.7. The molecule has 0 heterocycles. The molecule has 1 unspecified atom stereocenters. The van der Waals surface area contributed by atoms with Crippen molar-refractivity contribution in [2.24, 2.45) is 0 Å². The highest BCUT2D eigenvalue weighted by molar-refractivity contribution is 5.70. The molecular weight excluding hydrogens is 885 g/mol. The third-order valence-electron chi connectivity index (χ3n) is 10.9. The van der Waals surface area contributed by atoms with Crippen molar-refractivity contribution in [1.29, 1.82) is 0 Å². The number of ether oxygens (including phenoxy) is 3. The Hall–Kier alpha value is -5.00. The minimum Gasteiger partial charge on any atom is -0.462 e. The lowest BCUT2D eigenvalue weighted by Crippen LogP contribution is -2.30. The van der Waals surface area contributed by atoms with E-state index >= 15 is 0 Å². The predicted molar refractivity (Wildman–Crippen MR) is 315 cm³/mol. The molecule has 0 fully saturated rings. The summed E-state index contributed by atoms with van der Waals surface area (Å²) in [6.07, 6.45) is 92.1. The molecular formula is C67H102O5. The summed E-state index contributed by atoms with van der Waals surface area (Å²) in [5.41, 5.74) is 0. The Labute approximate surface area is 442 Å². The maximum Gasteiger partial charge on any atom is 0.306 e. The average molecular weight is 988 g/mol. The Morgan fingerprint density at radius 2 is 0.611 bits per heavy atom. The van der Waals surface area contributed by atoms with Crippen molar-refractivity contribution < 1.29 is 23.8 Å². The smallest absolute Gasteiger partial charge is 0.306 e. The van der Waals surface area contributed by atoms with E-state index in [1.165, 1.54) is 0 Å². The van der Waals surface area contributed by atoms with E-state index in [2.05, 4.69) is 197 Å². The molecule has 0 spiro atoms. The molecule has 0 aromatic carbocycles. The van der Waals surface area contributed by atoms with Gasteiger partial charge in [-0.05, 0) is 141 Å². The number of rotatable bonds is 49. The van der Waals surface area contributed by atoms with E-state index in [1.54, 1.807) is 0 Å². The summed E-state index contributed by atoms with van der Waals surface area (Å²) in [6, 6.07) is 0. The molecule has 0 aliphatic carbocycles. The van der Waals surface area contributed by atoms with E-state index in [4.69, 9.17) is 14.2 Å². The van der Waals surface area contributed by atoms with Crippen LogP contribution in [0, 0.1) is 0 Å². The Kier molecular flexibility index (Phi) is 56.1. The van der Waals surface area contributed by atoms with Crippen LogP contribution in [0.3, 0.4) is 0 Å². The van der Waals surface area contributed by atoms with Gasteiger partial charge in [0.05, 0.1) is 6.61 Å². The summed E-state index contributed by atoms with van der Waals surface area (Å²) < 4.78 is 17.4. The normalized spacial score (nSPS) is 13.7. The monoisotopic (exact) mass is 987 g/mol. The first-order valence-corrected chi connectivity index (χ1v) is 28.3. The molecule has 72 heavy (non-hydrogen) atoms.